The number of ether oxygens (including phenoxy) is 7. The first kappa shape index (κ1) is 27.5. The van der Waals surface area contributed by atoms with Crippen LogP contribution in [0.5, 0.6) is 23.0 Å². The summed E-state index contributed by atoms with van der Waals surface area (Å²) in [4.78, 5) is 26.7. The molecule has 3 rings (SSSR count). The summed E-state index contributed by atoms with van der Waals surface area (Å²) >= 11 is 0. The molecule has 0 bridgehead atoms. The fourth-order valence-corrected chi connectivity index (χ4v) is 3.43. The first-order valence-corrected chi connectivity index (χ1v) is 11.4. The molecule has 0 aliphatic carbocycles. The molecule has 0 aromatic heterocycles. The van der Waals surface area contributed by atoms with E-state index in [9.17, 15) is 9.59 Å². The molecule has 0 aliphatic heterocycles. The predicted molar refractivity (Wildman–Crippen MR) is 135 cm³/mol. The van der Waals surface area contributed by atoms with Gasteiger partial charge in [-0.1, -0.05) is 12.1 Å². The van der Waals surface area contributed by atoms with Crippen molar-refractivity contribution in [3.05, 3.63) is 83.4 Å². The van der Waals surface area contributed by atoms with Crippen molar-refractivity contribution in [3.63, 3.8) is 0 Å². The number of carbonyl (C=O) groups is 2. The lowest BCUT2D eigenvalue weighted by atomic mass is 9.98. The van der Waals surface area contributed by atoms with E-state index in [1.807, 2.05) is 12.1 Å². The third-order valence-corrected chi connectivity index (χ3v) is 5.34. The van der Waals surface area contributed by atoms with E-state index in [-0.39, 0.29) is 36.9 Å². The van der Waals surface area contributed by atoms with Crippen LogP contribution in [-0.4, -0.2) is 59.9 Å². The highest BCUT2D eigenvalue weighted by Crippen LogP contribution is 2.28. The Bertz CT molecular complexity index is 1160. The Morgan fingerprint density at radius 1 is 0.703 bits per heavy atom. The van der Waals surface area contributed by atoms with Gasteiger partial charge in [-0.3, -0.25) is 4.79 Å². The summed E-state index contributed by atoms with van der Waals surface area (Å²) in [7, 11) is 6.07. The summed E-state index contributed by atoms with van der Waals surface area (Å²) in [6.07, 6.45) is -1.00. The minimum Gasteiger partial charge on any atom is -0.497 e. The van der Waals surface area contributed by atoms with Gasteiger partial charge in [0.25, 0.3) is 0 Å². The molecule has 0 saturated carbocycles. The molecule has 3 aromatic rings. The van der Waals surface area contributed by atoms with Crippen LogP contribution >= 0.6 is 0 Å². The maximum atomic E-state index is 13.7. The van der Waals surface area contributed by atoms with Gasteiger partial charge in [0.05, 0.1) is 25.3 Å². The second kappa shape index (κ2) is 13.9. The molecule has 196 valence electrons. The van der Waals surface area contributed by atoms with E-state index in [4.69, 9.17) is 33.2 Å². The SMILES string of the molecule is COCOc1ccc(C(=O)C(Cc2ccc(OC)cc2)OC(=O)c2ccc(OC)cc2)c(OCOC)c1. The molecule has 0 heterocycles. The fourth-order valence-electron chi connectivity index (χ4n) is 3.43. The van der Waals surface area contributed by atoms with E-state index in [0.29, 0.717) is 17.2 Å². The van der Waals surface area contributed by atoms with Crippen molar-refractivity contribution in [2.45, 2.75) is 12.5 Å². The highest BCUT2D eigenvalue weighted by Gasteiger charge is 2.28. The van der Waals surface area contributed by atoms with Crippen LogP contribution in [-0.2, 0) is 20.6 Å². The molecule has 3 aromatic carbocycles. The van der Waals surface area contributed by atoms with Gasteiger partial charge in [0.2, 0.25) is 5.78 Å². The third kappa shape index (κ3) is 7.70. The molecule has 0 fully saturated rings. The van der Waals surface area contributed by atoms with Gasteiger partial charge in [0, 0.05) is 26.7 Å². The quantitative estimate of drug-likeness (QED) is 0.178. The number of carbonyl (C=O) groups excluding carboxylic acids is 2. The molecule has 0 spiro atoms. The topological polar surface area (TPSA) is 98.8 Å². The second-order valence-electron chi connectivity index (χ2n) is 7.80. The number of rotatable bonds is 14. The Balaban J connectivity index is 1.92. The third-order valence-electron chi connectivity index (χ3n) is 5.34. The molecule has 0 amide bonds. The van der Waals surface area contributed by atoms with E-state index in [1.54, 1.807) is 61.7 Å². The molecule has 37 heavy (non-hydrogen) atoms. The van der Waals surface area contributed by atoms with Crippen LogP contribution in [0.3, 0.4) is 0 Å². The van der Waals surface area contributed by atoms with E-state index < -0.39 is 17.9 Å². The summed E-state index contributed by atoms with van der Waals surface area (Å²) in [5.74, 6) is 0.838. The number of Topliss-reactive ketones (excluding diaryl/α,β-unsaturated/α-hetero) is 1. The lowest BCUT2D eigenvalue weighted by Gasteiger charge is -2.20. The van der Waals surface area contributed by atoms with Crippen LogP contribution in [0.4, 0.5) is 0 Å². The predicted octanol–water partition coefficient (Wildman–Crippen LogP) is 4.32. The van der Waals surface area contributed by atoms with E-state index >= 15 is 0 Å². The Kier molecular flexibility index (Phi) is 10.3. The number of esters is 1. The zero-order valence-electron chi connectivity index (χ0n) is 21.2. The van der Waals surface area contributed by atoms with Crippen LogP contribution in [0.2, 0.25) is 0 Å². The van der Waals surface area contributed by atoms with Gasteiger partial charge in [-0.15, -0.1) is 0 Å². The lowest BCUT2D eigenvalue weighted by Crippen LogP contribution is -2.30. The van der Waals surface area contributed by atoms with Crippen LogP contribution in [0.15, 0.2) is 66.7 Å². The molecular weight excluding hydrogens is 480 g/mol. The van der Waals surface area contributed by atoms with Crippen molar-refractivity contribution in [1.29, 1.82) is 0 Å². The maximum absolute atomic E-state index is 13.7. The number of methoxy groups -OCH3 is 4. The van der Waals surface area contributed by atoms with Gasteiger partial charge < -0.3 is 33.2 Å². The summed E-state index contributed by atoms with van der Waals surface area (Å²) in [6, 6.07) is 18.3. The molecule has 1 unspecified atom stereocenters. The minimum absolute atomic E-state index is 0.0244. The second-order valence-corrected chi connectivity index (χ2v) is 7.80. The Morgan fingerprint density at radius 2 is 1.27 bits per heavy atom. The maximum Gasteiger partial charge on any atom is 0.338 e. The smallest absolute Gasteiger partial charge is 0.338 e. The van der Waals surface area contributed by atoms with Gasteiger partial charge in [-0.2, -0.15) is 0 Å². The first-order valence-electron chi connectivity index (χ1n) is 11.4. The van der Waals surface area contributed by atoms with Crippen LogP contribution in [0.1, 0.15) is 26.3 Å². The highest BCUT2D eigenvalue weighted by molar-refractivity contribution is 6.04. The minimum atomic E-state index is -1.14. The van der Waals surface area contributed by atoms with E-state index in [0.717, 1.165) is 5.56 Å². The molecule has 9 nitrogen and oxygen atoms in total. The van der Waals surface area contributed by atoms with Crippen molar-refractivity contribution in [1.82, 2.24) is 0 Å². The van der Waals surface area contributed by atoms with Crippen LogP contribution in [0.25, 0.3) is 0 Å². The zero-order chi connectivity index (χ0) is 26.6. The summed E-state index contributed by atoms with van der Waals surface area (Å²) in [5, 5.41) is 0. The van der Waals surface area contributed by atoms with Crippen molar-refractivity contribution in [2.75, 3.05) is 42.0 Å². The number of ketones is 1. The number of hydrogen-bond acceptors (Lipinski definition) is 9. The summed E-state index contributed by atoms with van der Waals surface area (Å²) in [6.45, 7) is -0.0701. The Labute approximate surface area is 215 Å². The zero-order valence-corrected chi connectivity index (χ0v) is 21.2. The molecule has 0 radical (unpaired) electrons. The first-order chi connectivity index (χ1) is 18.0. The summed E-state index contributed by atoms with van der Waals surface area (Å²) in [5.41, 5.74) is 1.27. The molecule has 9 heteroatoms. The molecule has 1 atom stereocenters. The average Bonchev–Trinajstić information content (AvgIpc) is 2.94. The normalized spacial score (nSPS) is 11.4. The van der Waals surface area contributed by atoms with E-state index in [1.165, 1.54) is 21.3 Å². The van der Waals surface area contributed by atoms with Crippen molar-refractivity contribution < 1.29 is 42.7 Å². The summed E-state index contributed by atoms with van der Waals surface area (Å²) < 4.78 is 37.2. The number of benzene rings is 3. The van der Waals surface area contributed by atoms with Crippen LogP contribution < -0.4 is 18.9 Å². The molecule has 0 N–H and O–H groups in total. The molecule has 0 saturated heterocycles. The molecule has 0 aliphatic rings. The standard InChI is InChI=1S/C28H30O9/c1-31-17-35-23-13-14-24(25(16-23)36-18-32-2)27(29)26(15-19-5-9-21(33-3)10-6-19)37-28(30)20-7-11-22(34-4)12-8-20/h5-14,16,26H,15,17-18H2,1-4H3. The Morgan fingerprint density at radius 3 is 1.86 bits per heavy atom. The lowest BCUT2D eigenvalue weighted by molar-refractivity contribution is 0.0274. The van der Waals surface area contributed by atoms with Gasteiger partial charge in [0.15, 0.2) is 19.7 Å². The van der Waals surface area contributed by atoms with Gasteiger partial charge in [-0.05, 0) is 54.1 Å². The van der Waals surface area contributed by atoms with Gasteiger partial charge in [0.1, 0.15) is 23.0 Å². The highest BCUT2D eigenvalue weighted by atomic mass is 16.7. The van der Waals surface area contributed by atoms with Gasteiger partial charge >= 0.3 is 5.97 Å². The van der Waals surface area contributed by atoms with Crippen molar-refractivity contribution in [3.8, 4) is 23.0 Å². The average molecular weight is 511 g/mol. The monoisotopic (exact) mass is 510 g/mol. The fraction of sp³-hybridized carbons (Fsp3) is 0.286. The van der Waals surface area contributed by atoms with Crippen molar-refractivity contribution >= 4 is 11.8 Å². The molecular formula is C28H30O9. The van der Waals surface area contributed by atoms with Gasteiger partial charge in [-0.25, -0.2) is 4.79 Å². The largest absolute Gasteiger partial charge is 0.497 e. The Hall–Kier alpha value is -4.08. The van der Waals surface area contributed by atoms with Crippen LogP contribution in [0, 0.1) is 0 Å². The number of hydrogen-bond donors (Lipinski definition) is 0. The van der Waals surface area contributed by atoms with E-state index in [2.05, 4.69) is 0 Å². The van der Waals surface area contributed by atoms with Crippen molar-refractivity contribution in [2.24, 2.45) is 0 Å².